The number of nitrogens with one attached hydrogen (secondary N) is 1. The molecule has 1 fully saturated rings. The molecular formula is C21H23Cl2FN2O. The molecule has 0 bridgehead atoms. The fraction of sp³-hybridized carbons (Fsp3) is 0.381. The van der Waals surface area contributed by atoms with Gasteiger partial charge in [-0.25, -0.2) is 4.39 Å². The third-order valence-electron chi connectivity index (χ3n) is 5.06. The number of carbonyl (C=O) groups excluding carboxylic acids is 1. The standard InChI is InChI=1S/C21H23Cl2FN2O/c22-17-6-4-15(5-7-17)21(27)16-8-11-26(12-9-16)13-10-25-14-18-19(23)2-1-3-20(18)24/h1-7,16,25H,8-14H2. The Morgan fingerprint density at radius 2 is 1.81 bits per heavy atom. The third kappa shape index (κ3) is 5.52. The Morgan fingerprint density at radius 3 is 2.48 bits per heavy atom. The van der Waals surface area contributed by atoms with Gasteiger partial charge in [-0.2, -0.15) is 0 Å². The van der Waals surface area contributed by atoms with Gasteiger partial charge >= 0.3 is 0 Å². The topological polar surface area (TPSA) is 32.3 Å². The van der Waals surface area contributed by atoms with Crippen molar-refractivity contribution in [1.29, 1.82) is 0 Å². The summed E-state index contributed by atoms with van der Waals surface area (Å²) in [6, 6.07) is 11.9. The van der Waals surface area contributed by atoms with E-state index >= 15 is 0 Å². The minimum Gasteiger partial charge on any atom is -0.311 e. The van der Waals surface area contributed by atoms with Gasteiger partial charge < -0.3 is 10.2 Å². The summed E-state index contributed by atoms with van der Waals surface area (Å²) in [5, 5.41) is 4.34. The highest BCUT2D eigenvalue weighted by Crippen LogP contribution is 2.23. The van der Waals surface area contributed by atoms with Gasteiger partial charge in [-0.05, 0) is 62.3 Å². The van der Waals surface area contributed by atoms with E-state index < -0.39 is 0 Å². The van der Waals surface area contributed by atoms with E-state index in [1.807, 2.05) is 0 Å². The lowest BCUT2D eigenvalue weighted by Crippen LogP contribution is -2.39. The smallest absolute Gasteiger partial charge is 0.166 e. The van der Waals surface area contributed by atoms with Crippen LogP contribution in [0, 0.1) is 11.7 Å². The fourth-order valence-electron chi connectivity index (χ4n) is 3.42. The Labute approximate surface area is 169 Å². The van der Waals surface area contributed by atoms with E-state index in [1.165, 1.54) is 6.07 Å². The van der Waals surface area contributed by atoms with E-state index in [1.54, 1.807) is 36.4 Å². The van der Waals surface area contributed by atoms with Gasteiger partial charge in [-0.15, -0.1) is 0 Å². The summed E-state index contributed by atoms with van der Waals surface area (Å²) in [4.78, 5) is 14.9. The largest absolute Gasteiger partial charge is 0.311 e. The number of likely N-dealkylation sites (tertiary alicyclic amines) is 1. The van der Waals surface area contributed by atoms with E-state index in [4.69, 9.17) is 23.2 Å². The summed E-state index contributed by atoms with van der Waals surface area (Å²) >= 11 is 11.9. The molecule has 0 aromatic heterocycles. The van der Waals surface area contributed by atoms with Crippen LogP contribution in [-0.4, -0.2) is 36.9 Å². The Morgan fingerprint density at radius 1 is 1.11 bits per heavy atom. The fourth-order valence-corrected chi connectivity index (χ4v) is 3.78. The molecule has 144 valence electrons. The van der Waals surface area contributed by atoms with Crippen molar-refractivity contribution in [3.05, 3.63) is 69.5 Å². The molecule has 1 aliphatic heterocycles. The first-order valence-electron chi connectivity index (χ1n) is 9.20. The lowest BCUT2D eigenvalue weighted by molar-refractivity contribution is 0.0841. The molecule has 0 unspecified atom stereocenters. The van der Waals surface area contributed by atoms with Crippen LogP contribution >= 0.6 is 23.2 Å². The van der Waals surface area contributed by atoms with Gasteiger partial charge in [0.2, 0.25) is 0 Å². The minimum absolute atomic E-state index is 0.0765. The monoisotopic (exact) mass is 408 g/mol. The van der Waals surface area contributed by atoms with E-state index in [-0.39, 0.29) is 17.5 Å². The average molecular weight is 409 g/mol. The van der Waals surface area contributed by atoms with Crippen molar-refractivity contribution in [3.63, 3.8) is 0 Å². The highest BCUT2D eigenvalue weighted by atomic mass is 35.5. The number of carbonyl (C=O) groups is 1. The zero-order valence-electron chi connectivity index (χ0n) is 15.1. The van der Waals surface area contributed by atoms with Crippen molar-refractivity contribution < 1.29 is 9.18 Å². The molecule has 27 heavy (non-hydrogen) atoms. The molecule has 0 aliphatic carbocycles. The lowest BCUT2D eigenvalue weighted by Gasteiger charge is -2.31. The van der Waals surface area contributed by atoms with E-state index in [0.29, 0.717) is 22.2 Å². The Hall–Kier alpha value is -1.46. The van der Waals surface area contributed by atoms with Crippen molar-refractivity contribution in [3.8, 4) is 0 Å². The lowest BCUT2D eigenvalue weighted by atomic mass is 9.89. The quantitative estimate of drug-likeness (QED) is 0.526. The second kappa shape index (κ2) is 9.65. The van der Waals surface area contributed by atoms with Crippen LogP contribution in [0.5, 0.6) is 0 Å². The zero-order chi connectivity index (χ0) is 19.2. The second-order valence-corrected chi connectivity index (χ2v) is 7.71. The molecule has 0 amide bonds. The normalized spacial score (nSPS) is 15.8. The summed E-state index contributed by atoms with van der Waals surface area (Å²) in [5.74, 6) is 0.00256. The van der Waals surface area contributed by atoms with Crippen molar-refractivity contribution in [2.45, 2.75) is 19.4 Å². The van der Waals surface area contributed by atoms with Crippen molar-refractivity contribution in [2.75, 3.05) is 26.2 Å². The van der Waals surface area contributed by atoms with Crippen molar-refractivity contribution >= 4 is 29.0 Å². The highest BCUT2D eigenvalue weighted by Gasteiger charge is 2.25. The van der Waals surface area contributed by atoms with Gasteiger partial charge in [0, 0.05) is 46.7 Å². The van der Waals surface area contributed by atoms with Gasteiger partial charge in [-0.3, -0.25) is 4.79 Å². The molecule has 2 aromatic rings. The van der Waals surface area contributed by atoms with Gasteiger partial charge in [0.15, 0.2) is 5.78 Å². The van der Waals surface area contributed by atoms with E-state index in [2.05, 4.69) is 10.2 Å². The first-order chi connectivity index (χ1) is 13.0. The first-order valence-corrected chi connectivity index (χ1v) is 9.96. The predicted octanol–water partition coefficient (Wildman–Crippen LogP) is 4.82. The van der Waals surface area contributed by atoms with Crippen molar-refractivity contribution in [2.24, 2.45) is 5.92 Å². The first kappa shape index (κ1) is 20.3. The molecule has 0 radical (unpaired) electrons. The average Bonchev–Trinajstić information content (AvgIpc) is 2.67. The van der Waals surface area contributed by atoms with Gasteiger partial charge in [0.25, 0.3) is 0 Å². The molecule has 3 nitrogen and oxygen atoms in total. The predicted molar refractivity (Wildman–Crippen MR) is 108 cm³/mol. The van der Waals surface area contributed by atoms with Crippen LogP contribution in [0.3, 0.4) is 0 Å². The number of nitrogens with zero attached hydrogens (tertiary/aromatic N) is 1. The molecule has 0 spiro atoms. The maximum Gasteiger partial charge on any atom is 0.166 e. The number of ketones is 1. The Balaban J connectivity index is 1.39. The zero-order valence-corrected chi connectivity index (χ0v) is 16.6. The molecular weight excluding hydrogens is 386 g/mol. The van der Waals surface area contributed by atoms with Gasteiger partial charge in [0.1, 0.15) is 5.82 Å². The van der Waals surface area contributed by atoms with Crippen molar-refractivity contribution in [1.82, 2.24) is 10.2 Å². The van der Waals surface area contributed by atoms with E-state index in [9.17, 15) is 9.18 Å². The summed E-state index contributed by atoms with van der Waals surface area (Å²) in [6.45, 7) is 3.82. The molecule has 3 rings (SSSR count). The number of Topliss-reactive ketones (excluding diaryl/α,β-unsaturated/α-hetero) is 1. The number of piperidine rings is 1. The molecule has 0 saturated carbocycles. The number of halogens is 3. The van der Waals surface area contributed by atoms with Crippen LogP contribution < -0.4 is 5.32 Å². The van der Waals surface area contributed by atoms with Crippen LogP contribution in [0.1, 0.15) is 28.8 Å². The summed E-state index contributed by atoms with van der Waals surface area (Å²) in [5.41, 5.74) is 1.24. The number of hydrogen-bond acceptors (Lipinski definition) is 3. The molecule has 1 aliphatic rings. The van der Waals surface area contributed by atoms with Gasteiger partial charge in [0.05, 0.1) is 0 Å². The molecule has 1 N–H and O–H groups in total. The summed E-state index contributed by atoms with van der Waals surface area (Å²) in [7, 11) is 0. The molecule has 1 heterocycles. The molecule has 1 saturated heterocycles. The van der Waals surface area contributed by atoms with Crippen LogP contribution in [0.4, 0.5) is 4.39 Å². The Kier molecular flexibility index (Phi) is 7.25. The third-order valence-corrected chi connectivity index (χ3v) is 5.66. The van der Waals surface area contributed by atoms with Crippen LogP contribution in [0.15, 0.2) is 42.5 Å². The minimum atomic E-state index is -0.281. The van der Waals surface area contributed by atoms with E-state index in [0.717, 1.165) is 44.6 Å². The van der Waals surface area contributed by atoms with Crippen LogP contribution in [0.25, 0.3) is 0 Å². The summed E-state index contributed by atoms with van der Waals surface area (Å²) in [6.07, 6.45) is 1.72. The highest BCUT2D eigenvalue weighted by molar-refractivity contribution is 6.31. The summed E-state index contributed by atoms with van der Waals surface area (Å²) < 4.78 is 13.7. The Bertz CT molecular complexity index is 754. The second-order valence-electron chi connectivity index (χ2n) is 6.86. The molecule has 2 aromatic carbocycles. The maximum absolute atomic E-state index is 13.7. The molecule has 6 heteroatoms. The number of rotatable bonds is 7. The molecule has 0 atom stereocenters. The van der Waals surface area contributed by atoms with Gasteiger partial charge in [-0.1, -0.05) is 29.3 Å². The number of hydrogen-bond donors (Lipinski definition) is 1. The van der Waals surface area contributed by atoms with Crippen LogP contribution in [0.2, 0.25) is 10.0 Å². The number of benzene rings is 2. The SMILES string of the molecule is O=C(c1ccc(Cl)cc1)C1CCN(CCNCc2c(F)cccc2Cl)CC1. The van der Waals surface area contributed by atoms with Crippen LogP contribution in [-0.2, 0) is 6.54 Å². The maximum atomic E-state index is 13.7.